The predicted molar refractivity (Wildman–Crippen MR) is 101 cm³/mol. The molecule has 140 valence electrons. The number of amides is 1. The number of carbonyl (C=O) groups is 1. The zero-order valence-electron chi connectivity index (χ0n) is 15.0. The second kappa shape index (κ2) is 8.31. The van der Waals surface area contributed by atoms with Crippen LogP contribution in [0, 0.1) is 5.82 Å². The number of rotatable bonds is 7. The van der Waals surface area contributed by atoms with Gasteiger partial charge in [0.05, 0.1) is 18.4 Å². The van der Waals surface area contributed by atoms with Crippen molar-refractivity contribution in [2.24, 2.45) is 0 Å². The molecular weight excluding hydrogens is 355 g/mol. The topological polar surface area (TPSA) is 75.3 Å². The fourth-order valence-electron chi connectivity index (χ4n) is 2.42. The average molecular weight is 378 g/mol. The van der Waals surface area contributed by atoms with Gasteiger partial charge >= 0.3 is 0 Å². The van der Waals surface area contributed by atoms with E-state index in [9.17, 15) is 17.6 Å². The maximum atomic E-state index is 13.9. The van der Waals surface area contributed by atoms with E-state index >= 15 is 0 Å². The lowest BCUT2D eigenvalue weighted by Gasteiger charge is -2.09. The van der Waals surface area contributed by atoms with Crippen molar-refractivity contribution >= 4 is 21.6 Å². The molecule has 0 unspecified atom stereocenters. The highest BCUT2D eigenvalue weighted by molar-refractivity contribution is 7.92. The summed E-state index contributed by atoms with van der Waals surface area (Å²) in [6, 6.07) is 12.0. The van der Waals surface area contributed by atoms with Gasteiger partial charge in [-0.25, -0.2) is 12.8 Å². The van der Waals surface area contributed by atoms with Gasteiger partial charge in [0.2, 0.25) is 15.9 Å². The Hall–Kier alpha value is -2.41. The van der Waals surface area contributed by atoms with E-state index in [-0.39, 0.29) is 24.6 Å². The smallest absolute Gasteiger partial charge is 0.229 e. The molecule has 0 fully saturated rings. The third kappa shape index (κ3) is 6.15. The van der Waals surface area contributed by atoms with Crippen LogP contribution >= 0.6 is 0 Å². The lowest BCUT2D eigenvalue weighted by molar-refractivity contribution is -0.120. The summed E-state index contributed by atoms with van der Waals surface area (Å²) in [6.45, 7) is 4.38. The normalized spacial score (nSPS) is 11.4. The molecule has 2 N–H and O–H groups in total. The van der Waals surface area contributed by atoms with Crippen LogP contribution in [0.4, 0.5) is 10.1 Å². The SMILES string of the molecule is CC(C)c1ccc(CC(=O)NCc2ccc(NS(C)(=O)=O)c(F)c2)cc1. The van der Waals surface area contributed by atoms with Crippen molar-refractivity contribution in [2.45, 2.75) is 32.7 Å². The molecular formula is C19H23FN2O3S. The number of sulfonamides is 1. The van der Waals surface area contributed by atoms with Crippen molar-refractivity contribution in [1.29, 1.82) is 0 Å². The van der Waals surface area contributed by atoms with Crippen molar-refractivity contribution < 1.29 is 17.6 Å². The molecule has 2 rings (SSSR count). The highest BCUT2D eigenvalue weighted by Gasteiger charge is 2.09. The second-order valence-electron chi connectivity index (χ2n) is 6.54. The van der Waals surface area contributed by atoms with E-state index < -0.39 is 15.8 Å². The molecule has 5 nitrogen and oxygen atoms in total. The molecule has 0 saturated carbocycles. The van der Waals surface area contributed by atoms with Crippen LogP contribution in [-0.4, -0.2) is 20.6 Å². The maximum absolute atomic E-state index is 13.9. The average Bonchev–Trinajstić information content (AvgIpc) is 2.54. The molecule has 26 heavy (non-hydrogen) atoms. The molecule has 0 aromatic heterocycles. The minimum Gasteiger partial charge on any atom is -0.352 e. The molecule has 2 aromatic rings. The molecule has 1 amide bonds. The third-order valence-corrected chi connectivity index (χ3v) is 4.42. The van der Waals surface area contributed by atoms with Crippen LogP contribution in [0.1, 0.15) is 36.5 Å². The van der Waals surface area contributed by atoms with Crippen LogP contribution < -0.4 is 10.0 Å². The highest BCUT2D eigenvalue weighted by atomic mass is 32.2. The fraction of sp³-hybridized carbons (Fsp3) is 0.316. The van der Waals surface area contributed by atoms with Crippen LogP contribution in [0.25, 0.3) is 0 Å². The Morgan fingerprint density at radius 1 is 1.08 bits per heavy atom. The summed E-state index contributed by atoms with van der Waals surface area (Å²) in [5.74, 6) is -0.416. The minimum atomic E-state index is -3.54. The van der Waals surface area contributed by atoms with Gasteiger partial charge in [0.1, 0.15) is 5.82 Å². The Kier molecular flexibility index (Phi) is 6.37. The highest BCUT2D eigenvalue weighted by Crippen LogP contribution is 2.17. The van der Waals surface area contributed by atoms with E-state index in [1.165, 1.54) is 17.7 Å². The van der Waals surface area contributed by atoms with Crippen LogP contribution in [0.5, 0.6) is 0 Å². The Labute approximate surface area is 153 Å². The van der Waals surface area contributed by atoms with Gasteiger partial charge in [-0.2, -0.15) is 0 Å². The summed E-state index contributed by atoms with van der Waals surface area (Å²) in [7, 11) is -3.54. The molecule has 0 heterocycles. The van der Waals surface area contributed by atoms with E-state index in [0.717, 1.165) is 11.8 Å². The maximum Gasteiger partial charge on any atom is 0.229 e. The van der Waals surface area contributed by atoms with Gasteiger partial charge in [0, 0.05) is 6.54 Å². The van der Waals surface area contributed by atoms with Crippen LogP contribution in [-0.2, 0) is 27.8 Å². The van der Waals surface area contributed by atoms with E-state index in [2.05, 4.69) is 23.9 Å². The molecule has 0 bridgehead atoms. The molecule has 0 aliphatic carbocycles. The van der Waals surface area contributed by atoms with Crippen molar-refractivity contribution in [3.8, 4) is 0 Å². The molecule has 0 saturated heterocycles. The first-order valence-electron chi connectivity index (χ1n) is 8.26. The Morgan fingerprint density at radius 2 is 1.69 bits per heavy atom. The summed E-state index contributed by atoms with van der Waals surface area (Å²) >= 11 is 0. The number of nitrogens with one attached hydrogen (secondary N) is 2. The Balaban J connectivity index is 1.91. The van der Waals surface area contributed by atoms with Crippen molar-refractivity contribution in [2.75, 3.05) is 11.0 Å². The third-order valence-electron chi connectivity index (χ3n) is 3.83. The van der Waals surface area contributed by atoms with Crippen molar-refractivity contribution in [3.05, 3.63) is 65.0 Å². The summed E-state index contributed by atoms with van der Waals surface area (Å²) in [5.41, 5.74) is 2.55. The molecule has 7 heteroatoms. The van der Waals surface area contributed by atoms with Crippen molar-refractivity contribution in [3.63, 3.8) is 0 Å². The van der Waals surface area contributed by atoms with Gasteiger partial charge in [-0.15, -0.1) is 0 Å². The van der Waals surface area contributed by atoms with Gasteiger partial charge < -0.3 is 5.32 Å². The van der Waals surface area contributed by atoms with Gasteiger partial charge in [-0.1, -0.05) is 44.2 Å². The minimum absolute atomic E-state index is 0.118. The fourth-order valence-corrected chi connectivity index (χ4v) is 2.99. The molecule has 0 aliphatic heterocycles. The number of halogens is 1. The predicted octanol–water partition coefficient (Wildman–Crippen LogP) is 3.18. The summed E-state index contributed by atoms with van der Waals surface area (Å²) < 4.78 is 38.3. The van der Waals surface area contributed by atoms with Gasteiger partial charge in [0.25, 0.3) is 0 Å². The first kappa shape index (κ1) is 19.9. The number of carbonyl (C=O) groups excluding carboxylic acids is 1. The number of hydrogen-bond donors (Lipinski definition) is 2. The zero-order chi connectivity index (χ0) is 19.3. The number of anilines is 1. The Bertz CT molecular complexity index is 878. The first-order valence-corrected chi connectivity index (χ1v) is 10.1. The second-order valence-corrected chi connectivity index (χ2v) is 8.29. The number of benzene rings is 2. The lowest BCUT2D eigenvalue weighted by Crippen LogP contribution is -2.24. The molecule has 0 aliphatic rings. The summed E-state index contributed by atoms with van der Waals surface area (Å²) in [5, 5.41) is 2.74. The van der Waals surface area contributed by atoms with Gasteiger partial charge in [-0.3, -0.25) is 9.52 Å². The quantitative estimate of drug-likeness (QED) is 0.777. The number of hydrogen-bond acceptors (Lipinski definition) is 3. The van der Waals surface area contributed by atoms with Crippen LogP contribution in [0.2, 0.25) is 0 Å². The van der Waals surface area contributed by atoms with Crippen molar-refractivity contribution in [1.82, 2.24) is 5.32 Å². The standard InChI is InChI=1S/C19H23FN2O3S/c1-13(2)16-7-4-14(5-8-16)11-19(23)21-12-15-6-9-18(17(20)10-15)22-26(3,24)25/h4-10,13,22H,11-12H2,1-3H3,(H,21,23). The monoisotopic (exact) mass is 378 g/mol. The lowest BCUT2D eigenvalue weighted by atomic mass is 10.0. The van der Waals surface area contributed by atoms with E-state index in [1.807, 2.05) is 24.3 Å². The van der Waals surface area contributed by atoms with Crippen LogP contribution in [0.3, 0.4) is 0 Å². The van der Waals surface area contributed by atoms with Crippen LogP contribution in [0.15, 0.2) is 42.5 Å². The van der Waals surface area contributed by atoms with Gasteiger partial charge in [-0.05, 0) is 34.7 Å². The summed E-state index contributed by atoms with van der Waals surface area (Å²) in [4.78, 5) is 12.0. The zero-order valence-corrected chi connectivity index (χ0v) is 15.9. The van der Waals surface area contributed by atoms with E-state index in [4.69, 9.17) is 0 Å². The van der Waals surface area contributed by atoms with E-state index in [0.29, 0.717) is 11.5 Å². The van der Waals surface area contributed by atoms with Gasteiger partial charge in [0.15, 0.2) is 0 Å². The van der Waals surface area contributed by atoms with E-state index in [1.54, 1.807) is 6.07 Å². The molecule has 0 spiro atoms. The molecule has 2 aromatic carbocycles. The summed E-state index contributed by atoms with van der Waals surface area (Å²) in [6.07, 6.45) is 1.20. The largest absolute Gasteiger partial charge is 0.352 e. The molecule has 0 atom stereocenters. The Morgan fingerprint density at radius 3 is 2.23 bits per heavy atom. The first-order chi connectivity index (χ1) is 12.1. The molecule has 0 radical (unpaired) electrons.